The lowest BCUT2D eigenvalue weighted by molar-refractivity contribution is -0.143. The maximum Gasteiger partial charge on any atom is 0.323 e. The van der Waals surface area contributed by atoms with Crippen molar-refractivity contribution in [1.82, 2.24) is 10.0 Å². The summed E-state index contributed by atoms with van der Waals surface area (Å²) in [6, 6.07) is 15.1. The van der Waals surface area contributed by atoms with Gasteiger partial charge in [-0.25, -0.2) is 0 Å². The fourth-order valence-corrected chi connectivity index (χ4v) is 3.13. The standard InChI is InChI=1S/C20H22N2O4/c1-25-16-7-5-6-14(10-16)12-22-13-15(11-18(20(23)24)21-26-2)17-8-3-4-9-19(17)22/h3-10,13,18,21H,11-12H2,1-2H3,(H,23,24). The number of carboxylic acid groups (broad SMARTS) is 1. The summed E-state index contributed by atoms with van der Waals surface area (Å²) in [5, 5.41) is 10.4. The predicted molar refractivity (Wildman–Crippen MR) is 99.3 cm³/mol. The van der Waals surface area contributed by atoms with E-state index < -0.39 is 12.0 Å². The molecule has 136 valence electrons. The molecule has 26 heavy (non-hydrogen) atoms. The summed E-state index contributed by atoms with van der Waals surface area (Å²) >= 11 is 0. The number of hydrogen-bond donors (Lipinski definition) is 2. The molecule has 0 aliphatic carbocycles. The van der Waals surface area contributed by atoms with E-state index in [4.69, 9.17) is 9.57 Å². The van der Waals surface area contributed by atoms with Crippen molar-refractivity contribution in [3.8, 4) is 5.75 Å². The number of carboxylic acids is 1. The second-order valence-electron chi connectivity index (χ2n) is 6.07. The smallest absolute Gasteiger partial charge is 0.323 e. The van der Waals surface area contributed by atoms with Gasteiger partial charge in [0.25, 0.3) is 0 Å². The summed E-state index contributed by atoms with van der Waals surface area (Å²) in [6.45, 7) is 0.674. The molecule has 2 N–H and O–H groups in total. The molecule has 0 aliphatic rings. The van der Waals surface area contributed by atoms with E-state index in [0.717, 1.165) is 27.8 Å². The third-order valence-corrected chi connectivity index (χ3v) is 4.34. The van der Waals surface area contributed by atoms with Gasteiger partial charge in [0.1, 0.15) is 11.8 Å². The number of nitrogens with one attached hydrogen (secondary N) is 1. The van der Waals surface area contributed by atoms with Crippen LogP contribution in [-0.2, 0) is 22.6 Å². The molecule has 1 atom stereocenters. The second kappa shape index (κ2) is 8.03. The van der Waals surface area contributed by atoms with Crippen LogP contribution in [0.15, 0.2) is 54.7 Å². The molecule has 2 aromatic carbocycles. The van der Waals surface area contributed by atoms with Gasteiger partial charge in [-0.15, -0.1) is 0 Å². The zero-order chi connectivity index (χ0) is 18.5. The van der Waals surface area contributed by atoms with E-state index >= 15 is 0 Å². The van der Waals surface area contributed by atoms with Crippen molar-refractivity contribution in [3.63, 3.8) is 0 Å². The van der Waals surface area contributed by atoms with Crippen LogP contribution >= 0.6 is 0 Å². The largest absolute Gasteiger partial charge is 0.497 e. The average molecular weight is 354 g/mol. The Morgan fingerprint density at radius 1 is 1.19 bits per heavy atom. The van der Waals surface area contributed by atoms with Crippen LogP contribution in [0, 0.1) is 0 Å². The van der Waals surface area contributed by atoms with Crippen LogP contribution in [-0.4, -0.2) is 35.9 Å². The maximum absolute atomic E-state index is 11.4. The average Bonchev–Trinajstić information content (AvgIpc) is 2.99. The van der Waals surface area contributed by atoms with E-state index in [0.29, 0.717) is 13.0 Å². The van der Waals surface area contributed by atoms with E-state index in [1.54, 1.807) is 7.11 Å². The maximum atomic E-state index is 11.4. The Bertz CT molecular complexity index is 904. The molecule has 3 aromatic rings. The molecule has 1 unspecified atom stereocenters. The summed E-state index contributed by atoms with van der Waals surface area (Å²) in [4.78, 5) is 16.3. The van der Waals surface area contributed by atoms with E-state index in [2.05, 4.69) is 10.0 Å². The van der Waals surface area contributed by atoms with Gasteiger partial charge >= 0.3 is 5.97 Å². The molecule has 0 aliphatic heterocycles. The van der Waals surface area contributed by atoms with Gasteiger partial charge in [-0.05, 0) is 29.3 Å². The van der Waals surface area contributed by atoms with Crippen LogP contribution in [0.1, 0.15) is 11.1 Å². The molecule has 0 amide bonds. The molecule has 0 bridgehead atoms. The van der Waals surface area contributed by atoms with Crippen LogP contribution < -0.4 is 10.2 Å². The SMILES string of the molecule is CONC(Cc1cn(Cc2cccc(OC)c2)c2ccccc12)C(=O)O. The van der Waals surface area contributed by atoms with Crippen molar-refractivity contribution in [1.29, 1.82) is 0 Å². The molecule has 0 saturated carbocycles. The van der Waals surface area contributed by atoms with Crippen LogP contribution in [0.3, 0.4) is 0 Å². The summed E-state index contributed by atoms with van der Waals surface area (Å²) in [7, 11) is 3.07. The number of hydroxylamine groups is 1. The third kappa shape index (κ3) is 3.87. The fraction of sp³-hybridized carbons (Fsp3) is 0.250. The lowest BCUT2D eigenvalue weighted by Crippen LogP contribution is -2.37. The second-order valence-corrected chi connectivity index (χ2v) is 6.07. The Kier molecular flexibility index (Phi) is 5.55. The monoisotopic (exact) mass is 354 g/mol. The molecular formula is C20H22N2O4. The predicted octanol–water partition coefficient (Wildman–Crippen LogP) is 2.84. The van der Waals surface area contributed by atoms with Gasteiger partial charge in [0.05, 0.1) is 14.2 Å². The first-order valence-corrected chi connectivity index (χ1v) is 8.33. The Balaban J connectivity index is 1.95. The number of para-hydroxylation sites is 1. The van der Waals surface area contributed by atoms with Crippen LogP contribution in [0.4, 0.5) is 0 Å². The van der Waals surface area contributed by atoms with Gasteiger partial charge in [0.2, 0.25) is 0 Å². The lowest BCUT2D eigenvalue weighted by Gasteiger charge is -2.11. The highest BCUT2D eigenvalue weighted by Gasteiger charge is 2.20. The van der Waals surface area contributed by atoms with Crippen LogP contribution in [0.2, 0.25) is 0 Å². The number of rotatable bonds is 8. The fourth-order valence-electron chi connectivity index (χ4n) is 3.13. The van der Waals surface area contributed by atoms with E-state index in [-0.39, 0.29) is 0 Å². The number of carbonyl (C=O) groups is 1. The molecule has 0 saturated heterocycles. The summed E-state index contributed by atoms with van der Waals surface area (Å²) in [5.74, 6) is -0.133. The highest BCUT2D eigenvalue weighted by molar-refractivity contribution is 5.85. The van der Waals surface area contributed by atoms with Crippen molar-refractivity contribution in [2.45, 2.75) is 19.0 Å². The lowest BCUT2D eigenvalue weighted by atomic mass is 10.1. The Morgan fingerprint density at radius 2 is 2.00 bits per heavy atom. The number of hydrogen-bond acceptors (Lipinski definition) is 4. The number of methoxy groups -OCH3 is 1. The van der Waals surface area contributed by atoms with Crippen molar-refractivity contribution >= 4 is 16.9 Å². The Hall–Kier alpha value is -2.83. The first kappa shape index (κ1) is 18.0. The zero-order valence-corrected chi connectivity index (χ0v) is 14.8. The van der Waals surface area contributed by atoms with Crippen molar-refractivity contribution < 1.29 is 19.5 Å². The van der Waals surface area contributed by atoms with Crippen molar-refractivity contribution in [3.05, 3.63) is 65.9 Å². The van der Waals surface area contributed by atoms with Crippen molar-refractivity contribution in [2.24, 2.45) is 0 Å². The highest BCUT2D eigenvalue weighted by atomic mass is 16.6. The highest BCUT2D eigenvalue weighted by Crippen LogP contribution is 2.24. The first-order valence-electron chi connectivity index (χ1n) is 8.33. The van der Waals surface area contributed by atoms with Crippen molar-refractivity contribution in [2.75, 3.05) is 14.2 Å². The molecule has 1 heterocycles. The molecular weight excluding hydrogens is 332 g/mol. The number of nitrogens with zero attached hydrogens (tertiary/aromatic N) is 1. The van der Waals surface area contributed by atoms with E-state index in [1.165, 1.54) is 7.11 Å². The number of fused-ring (bicyclic) bond motifs is 1. The van der Waals surface area contributed by atoms with Gasteiger partial charge in [-0.3, -0.25) is 4.79 Å². The molecule has 0 radical (unpaired) electrons. The normalized spacial score (nSPS) is 12.2. The minimum absolute atomic E-state index is 0.328. The molecule has 6 nitrogen and oxygen atoms in total. The summed E-state index contributed by atoms with van der Waals surface area (Å²) < 4.78 is 7.42. The van der Waals surface area contributed by atoms with Gasteiger partial charge in [0, 0.05) is 30.1 Å². The van der Waals surface area contributed by atoms with Gasteiger partial charge < -0.3 is 19.2 Å². The molecule has 1 aromatic heterocycles. The zero-order valence-electron chi connectivity index (χ0n) is 14.8. The van der Waals surface area contributed by atoms with E-state index in [9.17, 15) is 9.90 Å². The minimum Gasteiger partial charge on any atom is -0.497 e. The molecule has 0 spiro atoms. The number of ether oxygens (including phenoxy) is 1. The summed E-state index contributed by atoms with van der Waals surface area (Å²) in [5.41, 5.74) is 5.68. The Morgan fingerprint density at radius 3 is 2.73 bits per heavy atom. The van der Waals surface area contributed by atoms with Crippen LogP contribution in [0.5, 0.6) is 5.75 Å². The van der Waals surface area contributed by atoms with Gasteiger partial charge in [0.15, 0.2) is 0 Å². The third-order valence-electron chi connectivity index (χ3n) is 4.34. The molecule has 6 heteroatoms. The number of aromatic nitrogens is 1. The van der Waals surface area contributed by atoms with Gasteiger partial charge in [-0.2, -0.15) is 5.48 Å². The van der Waals surface area contributed by atoms with Gasteiger partial charge in [-0.1, -0.05) is 30.3 Å². The topological polar surface area (TPSA) is 72.7 Å². The number of aliphatic carboxylic acids is 1. The molecule has 0 fully saturated rings. The Labute approximate surface area is 151 Å². The summed E-state index contributed by atoms with van der Waals surface area (Å²) in [6.07, 6.45) is 2.34. The van der Waals surface area contributed by atoms with Crippen LogP contribution in [0.25, 0.3) is 10.9 Å². The first-order chi connectivity index (χ1) is 12.6. The minimum atomic E-state index is -0.948. The number of benzene rings is 2. The molecule has 3 rings (SSSR count). The van der Waals surface area contributed by atoms with E-state index in [1.807, 2.05) is 54.7 Å². The quantitative estimate of drug-likeness (QED) is 0.609.